The Labute approximate surface area is 171 Å². The zero-order chi connectivity index (χ0) is 21.7. The van der Waals surface area contributed by atoms with Crippen molar-refractivity contribution >= 4 is 5.97 Å². The van der Waals surface area contributed by atoms with E-state index in [-0.39, 0.29) is 28.8 Å². The molecule has 3 N–H and O–H groups in total. The number of hydrogen-bond acceptors (Lipinski definition) is 5. The normalized spacial score (nSPS) is 12.9. The van der Waals surface area contributed by atoms with Crippen LogP contribution < -0.4 is 10.1 Å². The van der Waals surface area contributed by atoms with Gasteiger partial charge in [-0.25, -0.2) is 18.6 Å². The minimum Gasteiger partial charge on any atom is -0.478 e. The van der Waals surface area contributed by atoms with E-state index in [4.69, 9.17) is 9.84 Å². The highest BCUT2D eigenvalue weighted by atomic mass is 19.1. The second kappa shape index (κ2) is 9.43. The van der Waals surface area contributed by atoms with Gasteiger partial charge in [0.05, 0.1) is 17.3 Å². The van der Waals surface area contributed by atoms with E-state index in [0.717, 1.165) is 17.8 Å². The number of halogens is 2. The Morgan fingerprint density at radius 2 is 1.77 bits per heavy atom. The van der Waals surface area contributed by atoms with E-state index in [1.807, 2.05) is 6.92 Å². The van der Waals surface area contributed by atoms with E-state index < -0.39 is 23.8 Å². The second-order valence-corrected chi connectivity index (χ2v) is 6.56. The monoisotopic (exact) mass is 414 g/mol. The Hall–Kier alpha value is -3.36. The fraction of sp³-hybridized carbons (Fsp3) is 0.182. The van der Waals surface area contributed by atoms with Crippen molar-refractivity contribution in [1.82, 2.24) is 10.3 Å². The van der Waals surface area contributed by atoms with Crippen molar-refractivity contribution in [2.75, 3.05) is 0 Å². The van der Waals surface area contributed by atoms with Crippen molar-refractivity contribution in [3.63, 3.8) is 0 Å². The van der Waals surface area contributed by atoms with Gasteiger partial charge in [0.2, 0.25) is 5.88 Å². The Balaban J connectivity index is 1.82. The first-order valence-corrected chi connectivity index (χ1v) is 9.23. The summed E-state index contributed by atoms with van der Waals surface area (Å²) in [6.07, 6.45) is 0.199. The third-order valence-electron chi connectivity index (χ3n) is 4.50. The predicted octanol–water partition coefficient (Wildman–Crippen LogP) is 4.58. The minimum absolute atomic E-state index is 0.0286. The molecule has 0 radical (unpaired) electrons. The molecule has 0 aliphatic carbocycles. The summed E-state index contributed by atoms with van der Waals surface area (Å²) >= 11 is 0. The molecule has 3 aromatic rings. The highest BCUT2D eigenvalue weighted by Crippen LogP contribution is 2.29. The molecule has 0 aliphatic rings. The van der Waals surface area contributed by atoms with E-state index in [2.05, 4.69) is 10.3 Å². The topological polar surface area (TPSA) is 91.7 Å². The third kappa shape index (κ3) is 5.16. The summed E-state index contributed by atoms with van der Waals surface area (Å²) in [5.74, 6) is -1.87. The number of carbonyl (C=O) groups is 1. The van der Waals surface area contributed by atoms with Crippen LogP contribution in [-0.4, -0.2) is 21.2 Å². The lowest BCUT2D eigenvalue weighted by Crippen LogP contribution is -2.26. The summed E-state index contributed by atoms with van der Waals surface area (Å²) < 4.78 is 32.5. The van der Waals surface area contributed by atoms with Crippen LogP contribution in [0.5, 0.6) is 11.6 Å². The molecule has 3 rings (SSSR count). The smallest absolute Gasteiger partial charge is 0.335 e. The van der Waals surface area contributed by atoms with E-state index in [9.17, 15) is 18.7 Å². The lowest BCUT2D eigenvalue weighted by Gasteiger charge is -2.23. The number of carboxylic acids is 1. The van der Waals surface area contributed by atoms with Crippen LogP contribution in [0.2, 0.25) is 0 Å². The summed E-state index contributed by atoms with van der Waals surface area (Å²) in [6.45, 7) is 1.88. The Morgan fingerprint density at radius 1 is 1.10 bits per heavy atom. The molecule has 0 bridgehead atoms. The third-order valence-corrected chi connectivity index (χ3v) is 4.50. The zero-order valence-corrected chi connectivity index (χ0v) is 16.0. The van der Waals surface area contributed by atoms with Crippen LogP contribution in [0.4, 0.5) is 8.78 Å². The second-order valence-electron chi connectivity index (χ2n) is 6.56. The Bertz CT molecular complexity index is 1010. The van der Waals surface area contributed by atoms with Gasteiger partial charge in [0.25, 0.3) is 0 Å². The first-order chi connectivity index (χ1) is 14.4. The largest absolute Gasteiger partial charge is 0.478 e. The molecule has 2 atom stereocenters. The molecule has 1 heterocycles. The fourth-order valence-corrected chi connectivity index (χ4v) is 2.93. The fourth-order valence-electron chi connectivity index (χ4n) is 2.93. The minimum atomic E-state index is -1.33. The van der Waals surface area contributed by atoms with E-state index in [0.29, 0.717) is 6.42 Å². The average molecular weight is 414 g/mol. The van der Waals surface area contributed by atoms with Gasteiger partial charge in [-0.2, -0.15) is 0 Å². The van der Waals surface area contributed by atoms with Gasteiger partial charge in [-0.05, 0) is 54.4 Å². The highest BCUT2D eigenvalue weighted by Gasteiger charge is 2.21. The van der Waals surface area contributed by atoms with Crippen LogP contribution >= 0.6 is 0 Å². The quantitative estimate of drug-likeness (QED) is 0.467. The maximum Gasteiger partial charge on any atom is 0.335 e. The number of benzene rings is 2. The van der Waals surface area contributed by atoms with Crippen molar-refractivity contribution < 1.29 is 28.5 Å². The first kappa shape index (κ1) is 21.4. The Morgan fingerprint density at radius 3 is 2.37 bits per heavy atom. The summed E-state index contributed by atoms with van der Waals surface area (Å²) in [6, 6.07) is 12.2. The van der Waals surface area contributed by atoms with Crippen molar-refractivity contribution in [1.29, 1.82) is 0 Å². The molecule has 8 heteroatoms. The molecule has 30 heavy (non-hydrogen) atoms. The summed E-state index contributed by atoms with van der Waals surface area (Å²) in [5, 5.41) is 22.7. The van der Waals surface area contributed by atoms with Gasteiger partial charge in [0.1, 0.15) is 23.6 Å². The van der Waals surface area contributed by atoms with Gasteiger partial charge in [-0.1, -0.05) is 19.1 Å². The van der Waals surface area contributed by atoms with E-state index in [1.165, 1.54) is 36.4 Å². The van der Waals surface area contributed by atoms with E-state index in [1.54, 1.807) is 12.1 Å². The number of aromatic carboxylic acids is 1. The molecule has 0 saturated carbocycles. The molecule has 0 fully saturated rings. The van der Waals surface area contributed by atoms with Crippen LogP contribution in [0, 0.1) is 11.6 Å². The molecule has 156 valence electrons. The molecule has 6 nitrogen and oxygen atoms in total. The number of aliphatic hydroxyl groups excluding tert-OH is 1. The number of hydrogen-bond donors (Lipinski definition) is 3. The lowest BCUT2D eigenvalue weighted by atomic mass is 10.0. The predicted molar refractivity (Wildman–Crippen MR) is 105 cm³/mol. The number of nitrogens with one attached hydrogen (secondary N) is 1. The van der Waals surface area contributed by atoms with Gasteiger partial charge in [-0.3, -0.25) is 5.32 Å². The van der Waals surface area contributed by atoms with Crippen LogP contribution in [0.3, 0.4) is 0 Å². The van der Waals surface area contributed by atoms with Crippen molar-refractivity contribution in [2.45, 2.75) is 25.6 Å². The van der Waals surface area contributed by atoms with E-state index >= 15 is 0 Å². The van der Waals surface area contributed by atoms with Gasteiger partial charge < -0.3 is 14.9 Å². The molecular formula is C22H20F2N2O4. The molecule has 0 aliphatic heterocycles. The number of carboxylic acid groups (broad SMARTS) is 1. The van der Waals surface area contributed by atoms with Gasteiger partial charge in [0, 0.05) is 6.04 Å². The molecule has 0 spiro atoms. The molecule has 2 unspecified atom stereocenters. The number of aliphatic hydroxyl groups is 1. The van der Waals surface area contributed by atoms with Crippen LogP contribution in [0.1, 0.15) is 47.1 Å². The summed E-state index contributed by atoms with van der Waals surface area (Å²) in [5.41, 5.74) is 0.977. The standard InChI is InChI=1S/C22H20F2N2O4/c1-2-19(13-3-5-14(6-4-13)22(28)29)26-20(27)18-11-16(24)12-25-21(18)30-17-9-7-15(23)8-10-17/h3-12,19-20,26-27H,2H2,1H3,(H,28,29). The van der Waals surface area contributed by atoms with Gasteiger partial charge in [-0.15, -0.1) is 0 Å². The number of rotatable bonds is 8. The van der Waals surface area contributed by atoms with Gasteiger partial charge in [0.15, 0.2) is 0 Å². The van der Waals surface area contributed by atoms with Crippen LogP contribution in [0.15, 0.2) is 60.8 Å². The van der Waals surface area contributed by atoms with Crippen LogP contribution in [0.25, 0.3) is 0 Å². The summed E-state index contributed by atoms with van der Waals surface area (Å²) in [4.78, 5) is 14.9. The molecular weight excluding hydrogens is 394 g/mol. The van der Waals surface area contributed by atoms with Crippen molar-refractivity contribution in [2.24, 2.45) is 0 Å². The maximum absolute atomic E-state index is 13.8. The average Bonchev–Trinajstić information content (AvgIpc) is 2.74. The molecule has 1 aromatic heterocycles. The Kier molecular flexibility index (Phi) is 6.71. The number of pyridine rings is 1. The van der Waals surface area contributed by atoms with Crippen LogP contribution in [-0.2, 0) is 0 Å². The first-order valence-electron chi connectivity index (χ1n) is 9.23. The zero-order valence-electron chi connectivity index (χ0n) is 16.0. The number of aromatic nitrogens is 1. The molecule has 2 aromatic carbocycles. The number of ether oxygens (including phenoxy) is 1. The lowest BCUT2D eigenvalue weighted by molar-refractivity contribution is 0.0696. The summed E-state index contributed by atoms with van der Waals surface area (Å²) in [7, 11) is 0. The highest BCUT2D eigenvalue weighted by molar-refractivity contribution is 5.87. The SMILES string of the molecule is CCC(NC(O)c1cc(F)cnc1Oc1ccc(F)cc1)c1ccc(C(=O)O)cc1. The maximum atomic E-state index is 13.8. The molecule has 0 saturated heterocycles. The van der Waals surface area contributed by atoms with Crippen molar-refractivity contribution in [3.8, 4) is 11.6 Å². The molecule has 0 amide bonds. The van der Waals surface area contributed by atoms with Crippen molar-refractivity contribution in [3.05, 3.63) is 89.1 Å². The number of nitrogens with zero attached hydrogens (tertiary/aromatic N) is 1. The van der Waals surface area contributed by atoms with Gasteiger partial charge >= 0.3 is 5.97 Å².